The lowest BCUT2D eigenvalue weighted by Gasteiger charge is -2.25. The van der Waals surface area contributed by atoms with Gasteiger partial charge in [0, 0.05) is 0 Å². The first-order chi connectivity index (χ1) is 13.4. The molecule has 0 N–H and O–H groups in total. The van der Waals surface area contributed by atoms with E-state index >= 15 is 0 Å². The van der Waals surface area contributed by atoms with E-state index in [0.29, 0.717) is 6.42 Å². The maximum absolute atomic E-state index is 12.6. The normalized spacial score (nSPS) is 12.4. The second-order valence-electron chi connectivity index (χ2n) is 8.46. The molecule has 0 spiro atoms. The van der Waals surface area contributed by atoms with Crippen LogP contribution in [-0.4, -0.2) is 18.0 Å². The molecule has 28 heavy (non-hydrogen) atoms. The average molecular weight is 397 g/mol. The van der Waals surface area contributed by atoms with E-state index in [-0.39, 0.29) is 5.97 Å². The molecule has 0 fully saturated rings. The monoisotopic (exact) mass is 396 g/mol. The van der Waals surface area contributed by atoms with Crippen LogP contribution in [0.25, 0.3) is 0 Å². The summed E-state index contributed by atoms with van der Waals surface area (Å²) in [5.41, 5.74) is -0.584. The second-order valence-corrected chi connectivity index (χ2v) is 8.46. The molecule has 0 heterocycles. The predicted molar refractivity (Wildman–Crippen MR) is 116 cm³/mol. The van der Waals surface area contributed by atoms with Crippen LogP contribution in [0, 0.1) is 5.41 Å². The Morgan fingerprint density at radius 1 is 0.857 bits per heavy atom. The molecule has 0 aliphatic heterocycles. The number of carbonyl (C=O) groups excluding carboxylic acids is 2. The van der Waals surface area contributed by atoms with E-state index in [4.69, 9.17) is 9.47 Å². The van der Waals surface area contributed by atoms with Crippen molar-refractivity contribution in [3.63, 3.8) is 0 Å². The highest BCUT2D eigenvalue weighted by Crippen LogP contribution is 2.27. The molecular weight excluding hydrogens is 352 g/mol. The van der Waals surface area contributed by atoms with Crippen LogP contribution in [0.2, 0.25) is 0 Å². The molecule has 0 saturated carbocycles. The Labute approximate surface area is 173 Å². The van der Waals surface area contributed by atoms with Crippen molar-refractivity contribution in [3.05, 3.63) is 12.8 Å². The molecule has 0 aromatic carbocycles. The van der Waals surface area contributed by atoms with Crippen molar-refractivity contribution in [2.75, 3.05) is 0 Å². The largest absolute Gasteiger partial charge is 0.450 e. The minimum Gasteiger partial charge on any atom is -0.450 e. The molecule has 0 bridgehead atoms. The van der Waals surface area contributed by atoms with Crippen molar-refractivity contribution >= 4 is 11.9 Å². The standard InChI is InChI=1S/C24H44O4/c1-6-9-11-13-14-15-16-17-19-21(22(25)27-8-3)28-23(26)24(4,5)20-18-12-10-7-2/h8,21H,3,6-7,9-20H2,1-2,4-5H3. The Balaban J connectivity index is 4.41. The van der Waals surface area contributed by atoms with Gasteiger partial charge in [0.25, 0.3) is 0 Å². The number of esters is 2. The molecule has 1 unspecified atom stereocenters. The summed E-state index contributed by atoms with van der Waals surface area (Å²) in [6, 6.07) is 0. The molecule has 0 saturated heterocycles. The topological polar surface area (TPSA) is 52.6 Å². The van der Waals surface area contributed by atoms with Gasteiger partial charge in [-0.25, -0.2) is 4.79 Å². The smallest absolute Gasteiger partial charge is 0.352 e. The zero-order valence-corrected chi connectivity index (χ0v) is 18.9. The summed E-state index contributed by atoms with van der Waals surface area (Å²) in [4.78, 5) is 24.8. The minimum absolute atomic E-state index is 0.311. The fourth-order valence-corrected chi connectivity index (χ4v) is 3.23. The number of rotatable bonds is 18. The van der Waals surface area contributed by atoms with Crippen molar-refractivity contribution in [1.29, 1.82) is 0 Å². The summed E-state index contributed by atoms with van der Waals surface area (Å²) in [5, 5.41) is 0. The first-order valence-corrected chi connectivity index (χ1v) is 11.4. The molecular formula is C24H44O4. The molecule has 4 heteroatoms. The van der Waals surface area contributed by atoms with E-state index in [1.54, 1.807) is 0 Å². The number of carbonyl (C=O) groups is 2. The van der Waals surface area contributed by atoms with E-state index in [9.17, 15) is 9.59 Å². The molecule has 0 radical (unpaired) electrons. The molecule has 1 atom stereocenters. The molecule has 0 rings (SSSR count). The van der Waals surface area contributed by atoms with Gasteiger partial charge in [0.2, 0.25) is 0 Å². The maximum Gasteiger partial charge on any atom is 0.352 e. The fraction of sp³-hybridized carbons (Fsp3) is 0.833. The zero-order valence-electron chi connectivity index (χ0n) is 18.9. The SMILES string of the molecule is C=COC(=O)C(CCCCCCCCCC)OC(=O)C(C)(C)CCCCCC. The Kier molecular flexibility index (Phi) is 15.8. The van der Waals surface area contributed by atoms with Gasteiger partial charge in [0.1, 0.15) is 0 Å². The van der Waals surface area contributed by atoms with Crippen LogP contribution in [-0.2, 0) is 19.1 Å². The van der Waals surface area contributed by atoms with Gasteiger partial charge in [0.05, 0.1) is 11.7 Å². The zero-order chi connectivity index (χ0) is 21.3. The summed E-state index contributed by atoms with van der Waals surface area (Å²) in [5.74, 6) is -0.831. The highest BCUT2D eigenvalue weighted by Gasteiger charge is 2.33. The minimum atomic E-state index is -0.833. The van der Waals surface area contributed by atoms with Gasteiger partial charge < -0.3 is 9.47 Å². The summed E-state index contributed by atoms with van der Waals surface area (Å²) < 4.78 is 10.5. The predicted octanol–water partition coefficient (Wildman–Crippen LogP) is 7.11. The Hall–Kier alpha value is -1.32. The van der Waals surface area contributed by atoms with Gasteiger partial charge in [-0.15, -0.1) is 0 Å². The van der Waals surface area contributed by atoms with E-state index < -0.39 is 17.5 Å². The Morgan fingerprint density at radius 2 is 1.36 bits per heavy atom. The van der Waals surface area contributed by atoms with Crippen molar-refractivity contribution in [1.82, 2.24) is 0 Å². The summed E-state index contributed by atoms with van der Waals surface area (Å²) in [6.45, 7) is 11.6. The first-order valence-electron chi connectivity index (χ1n) is 11.4. The lowest BCUT2D eigenvalue weighted by Crippen LogP contribution is -2.35. The van der Waals surface area contributed by atoms with Crippen LogP contribution in [0.4, 0.5) is 0 Å². The fourth-order valence-electron chi connectivity index (χ4n) is 3.23. The Morgan fingerprint density at radius 3 is 1.89 bits per heavy atom. The number of hydrogen-bond donors (Lipinski definition) is 0. The van der Waals surface area contributed by atoms with Crippen molar-refractivity contribution in [3.8, 4) is 0 Å². The number of hydrogen-bond acceptors (Lipinski definition) is 4. The molecule has 0 aromatic rings. The van der Waals surface area contributed by atoms with E-state index in [2.05, 4.69) is 20.4 Å². The van der Waals surface area contributed by atoms with Gasteiger partial charge >= 0.3 is 11.9 Å². The van der Waals surface area contributed by atoms with Crippen molar-refractivity contribution in [2.24, 2.45) is 5.41 Å². The van der Waals surface area contributed by atoms with Crippen LogP contribution in [0.3, 0.4) is 0 Å². The molecule has 0 aliphatic rings. The van der Waals surface area contributed by atoms with Crippen molar-refractivity contribution in [2.45, 2.75) is 124 Å². The van der Waals surface area contributed by atoms with Gasteiger partial charge in [-0.1, -0.05) is 91.1 Å². The molecule has 4 nitrogen and oxygen atoms in total. The molecule has 0 aliphatic carbocycles. The maximum atomic E-state index is 12.6. The third-order valence-electron chi connectivity index (χ3n) is 5.24. The highest BCUT2D eigenvalue weighted by atomic mass is 16.6. The highest BCUT2D eigenvalue weighted by molar-refractivity contribution is 5.82. The van der Waals surface area contributed by atoms with Gasteiger partial charge in [-0.3, -0.25) is 4.79 Å². The third kappa shape index (κ3) is 13.0. The Bertz CT molecular complexity index is 428. The second kappa shape index (κ2) is 16.6. The lowest BCUT2D eigenvalue weighted by molar-refractivity contribution is -0.171. The summed E-state index contributed by atoms with van der Waals surface area (Å²) in [7, 11) is 0. The van der Waals surface area contributed by atoms with Gasteiger partial charge in [-0.05, 0) is 33.1 Å². The first kappa shape index (κ1) is 26.7. The molecule has 0 aromatic heterocycles. The van der Waals surface area contributed by atoms with Crippen LogP contribution < -0.4 is 0 Å². The summed E-state index contributed by atoms with van der Waals surface area (Å²) in [6.07, 6.45) is 15.4. The quantitative estimate of drug-likeness (QED) is 0.141. The van der Waals surface area contributed by atoms with Gasteiger partial charge in [0.15, 0.2) is 6.10 Å². The van der Waals surface area contributed by atoms with Crippen molar-refractivity contribution < 1.29 is 19.1 Å². The van der Waals surface area contributed by atoms with Gasteiger partial charge in [-0.2, -0.15) is 0 Å². The van der Waals surface area contributed by atoms with E-state index in [1.165, 1.54) is 44.9 Å². The van der Waals surface area contributed by atoms with E-state index in [1.807, 2.05) is 13.8 Å². The van der Waals surface area contributed by atoms with Crippen LogP contribution in [0.5, 0.6) is 0 Å². The number of ether oxygens (including phenoxy) is 2. The molecule has 0 amide bonds. The lowest BCUT2D eigenvalue weighted by atomic mass is 9.87. The average Bonchev–Trinajstić information content (AvgIpc) is 2.66. The van der Waals surface area contributed by atoms with E-state index in [0.717, 1.165) is 44.8 Å². The van der Waals surface area contributed by atoms with Crippen LogP contribution >= 0.6 is 0 Å². The van der Waals surface area contributed by atoms with Crippen LogP contribution in [0.1, 0.15) is 118 Å². The number of unbranched alkanes of at least 4 members (excludes halogenated alkanes) is 10. The summed E-state index contributed by atoms with van der Waals surface area (Å²) >= 11 is 0. The molecule has 164 valence electrons. The van der Waals surface area contributed by atoms with Crippen LogP contribution in [0.15, 0.2) is 12.8 Å². The third-order valence-corrected chi connectivity index (χ3v) is 5.24.